The predicted octanol–water partition coefficient (Wildman–Crippen LogP) is 2.01. The van der Waals surface area contributed by atoms with Crippen molar-refractivity contribution in [3.05, 3.63) is 47.5 Å². The third-order valence-corrected chi connectivity index (χ3v) is 2.75. The van der Waals surface area contributed by atoms with Gasteiger partial charge in [0, 0.05) is 7.05 Å². The molecule has 0 aliphatic heterocycles. The highest BCUT2D eigenvalue weighted by atomic mass is 16.5. The van der Waals surface area contributed by atoms with E-state index in [1.54, 1.807) is 7.05 Å². The molecule has 0 fully saturated rings. The summed E-state index contributed by atoms with van der Waals surface area (Å²) in [6.07, 6.45) is 1.33. The van der Waals surface area contributed by atoms with Gasteiger partial charge in [0.05, 0.1) is 6.20 Å². The number of imidazole rings is 1. The molecule has 2 rings (SSSR count). The van der Waals surface area contributed by atoms with Crippen molar-refractivity contribution in [2.45, 2.75) is 13.5 Å². The van der Waals surface area contributed by atoms with Gasteiger partial charge in [-0.05, 0) is 18.6 Å². The van der Waals surface area contributed by atoms with Crippen molar-refractivity contribution >= 4 is 5.97 Å². The van der Waals surface area contributed by atoms with E-state index in [4.69, 9.17) is 9.84 Å². The molecule has 18 heavy (non-hydrogen) atoms. The van der Waals surface area contributed by atoms with Crippen molar-refractivity contribution in [1.29, 1.82) is 0 Å². The van der Waals surface area contributed by atoms with E-state index < -0.39 is 5.97 Å². The molecule has 1 heterocycles. The first-order valence-electron chi connectivity index (χ1n) is 5.52. The van der Waals surface area contributed by atoms with Gasteiger partial charge in [-0.3, -0.25) is 0 Å². The average molecular weight is 246 g/mol. The van der Waals surface area contributed by atoms with Crippen LogP contribution in [0, 0.1) is 6.92 Å². The summed E-state index contributed by atoms with van der Waals surface area (Å²) < 4.78 is 7.13. The van der Waals surface area contributed by atoms with Crippen LogP contribution in [0.1, 0.15) is 21.9 Å². The van der Waals surface area contributed by atoms with E-state index in [0.29, 0.717) is 5.82 Å². The Morgan fingerprint density at radius 1 is 1.44 bits per heavy atom. The van der Waals surface area contributed by atoms with Gasteiger partial charge in [-0.15, -0.1) is 0 Å². The fourth-order valence-corrected chi connectivity index (χ4v) is 1.64. The molecule has 0 atom stereocenters. The van der Waals surface area contributed by atoms with Crippen LogP contribution in [0.5, 0.6) is 5.75 Å². The summed E-state index contributed by atoms with van der Waals surface area (Å²) in [4.78, 5) is 14.9. The number of rotatable bonds is 4. The fraction of sp³-hybridized carbons (Fsp3) is 0.231. The number of hydrogen-bond donors (Lipinski definition) is 1. The second-order valence-corrected chi connectivity index (χ2v) is 3.98. The Kier molecular flexibility index (Phi) is 3.32. The number of carboxylic acids is 1. The molecule has 5 heteroatoms. The van der Waals surface area contributed by atoms with Crippen molar-refractivity contribution in [1.82, 2.24) is 9.55 Å². The summed E-state index contributed by atoms with van der Waals surface area (Å²) in [5.41, 5.74) is 1.18. The van der Waals surface area contributed by atoms with Crippen molar-refractivity contribution in [2.24, 2.45) is 7.05 Å². The molecule has 0 bridgehead atoms. The number of carboxylic acid groups (broad SMARTS) is 1. The Bertz CT molecular complexity index is 575. The highest BCUT2D eigenvalue weighted by Crippen LogP contribution is 2.17. The van der Waals surface area contributed by atoms with Crippen LogP contribution in [0.4, 0.5) is 0 Å². The third kappa shape index (κ3) is 2.34. The average Bonchev–Trinajstić information content (AvgIpc) is 2.70. The number of aryl methyl sites for hydroxylation is 1. The van der Waals surface area contributed by atoms with Crippen molar-refractivity contribution < 1.29 is 14.6 Å². The van der Waals surface area contributed by atoms with E-state index in [0.717, 1.165) is 11.3 Å². The summed E-state index contributed by atoms with van der Waals surface area (Å²) >= 11 is 0. The van der Waals surface area contributed by atoms with E-state index in [2.05, 4.69) is 4.98 Å². The minimum absolute atomic E-state index is 0.151. The molecule has 0 saturated carbocycles. The lowest BCUT2D eigenvalue weighted by atomic mass is 10.2. The monoisotopic (exact) mass is 246 g/mol. The van der Waals surface area contributed by atoms with Crippen LogP contribution in [0.25, 0.3) is 0 Å². The Labute approximate surface area is 105 Å². The molecule has 2 aromatic rings. The molecule has 0 aliphatic carbocycles. The first-order chi connectivity index (χ1) is 8.59. The second kappa shape index (κ2) is 4.91. The molecular formula is C13H14N2O3. The van der Waals surface area contributed by atoms with Crippen LogP contribution in [-0.2, 0) is 13.7 Å². The van der Waals surface area contributed by atoms with Gasteiger partial charge in [0.25, 0.3) is 0 Å². The first-order valence-corrected chi connectivity index (χ1v) is 5.52. The zero-order valence-electron chi connectivity index (χ0n) is 10.3. The Balaban J connectivity index is 2.12. The number of hydrogen-bond acceptors (Lipinski definition) is 3. The van der Waals surface area contributed by atoms with Gasteiger partial charge in [0.1, 0.15) is 23.9 Å². The van der Waals surface area contributed by atoms with Gasteiger partial charge in [-0.1, -0.05) is 18.2 Å². The van der Waals surface area contributed by atoms with Crippen LogP contribution in [0.2, 0.25) is 0 Å². The SMILES string of the molecule is Cc1ccccc1OCc1ncc(C(=O)O)n1C. The van der Waals surface area contributed by atoms with Crippen LogP contribution < -0.4 is 4.74 Å². The summed E-state index contributed by atoms with van der Waals surface area (Å²) in [6, 6.07) is 7.65. The van der Waals surface area contributed by atoms with Crippen molar-refractivity contribution in [3.63, 3.8) is 0 Å². The summed E-state index contributed by atoms with van der Waals surface area (Å²) in [7, 11) is 1.66. The van der Waals surface area contributed by atoms with E-state index in [1.165, 1.54) is 10.8 Å². The predicted molar refractivity (Wildman–Crippen MR) is 65.7 cm³/mol. The van der Waals surface area contributed by atoms with E-state index >= 15 is 0 Å². The van der Waals surface area contributed by atoms with Gasteiger partial charge in [0.15, 0.2) is 0 Å². The molecule has 0 unspecified atom stereocenters. The number of nitrogens with zero attached hydrogens (tertiary/aromatic N) is 2. The van der Waals surface area contributed by atoms with E-state index in [1.807, 2.05) is 31.2 Å². The minimum atomic E-state index is -0.993. The molecule has 0 spiro atoms. The Morgan fingerprint density at radius 3 is 2.78 bits per heavy atom. The lowest BCUT2D eigenvalue weighted by Gasteiger charge is -2.08. The zero-order chi connectivity index (χ0) is 13.1. The lowest BCUT2D eigenvalue weighted by Crippen LogP contribution is -2.09. The maximum absolute atomic E-state index is 10.9. The fourth-order valence-electron chi connectivity index (χ4n) is 1.64. The zero-order valence-corrected chi connectivity index (χ0v) is 10.3. The largest absolute Gasteiger partial charge is 0.485 e. The number of carbonyl (C=O) groups is 1. The van der Waals surface area contributed by atoms with Gasteiger partial charge < -0.3 is 14.4 Å². The summed E-state index contributed by atoms with van der Waals surface area (Å²) in [5, 5.41) is 8.91. The molecule has 0 saturated heterocycles. The number of ether oxygens (including phenoxy) is 1. The molecule has 0 aliphatic rings. The maximum atomic E-state index is 10.9. The molecule has 0 radical (unpaired) electrons. The number of aromatic carboxylic acids is 1. The number of para-hydroxylation sites is 1. The Morgan fingerprint density at radius 2 is 2.17 bits per heavy atom. The van der Waals surface area contributed by atoms with Crippen LogP contribution in [0.3, 0.4) is 0 Å². The smallest absolute Gasteiger partial charge is 0.354 e. The highest BCUT2D eigenvalue weighted by Gasteiger charge is 2.12. The van der Waals surface area contributed by atoms with Crippen LogP contribution in [0.15, 0.2) is 30.5 Å². The molecule has 5 nitrogen and oxygen atoms in total. The number of aromatic nitrogens is 2. The topological polar surface area (TPSA) is 64.3 Å². The standard InChI is InChI=1S/C13H14N2O3/c1-9-5-3-4-6-11(9)18-8-12-14-7-10(13(16)17)15(12)2/h3-7H,8H2,1-2H3,(H,16,17). The molecule has 1 aromatic carbocycles. The summed E-state index contributed by atoms with van der Waals surface area (Å²) in [6.45, 7) is 2.20. The van der Waals surface area contributed by atoms with Crippen LogP contribution >= 0.6 is 0 Å². The molecule has 0 amide bonds. The number of benzene rings is 1. The van der Waals surface area contributed by atoms with Crippen molar-refractivity contribution in [3.8, 4) is 5.75 Å². The highest BCUT2D eigenvalue weighted by molar-refractivity contribution is 5.85. The minimum Gasteiger partial charge on any atom is -0.485 e. The van der Waals surface area contributed by atoms with Crippen molar-refractivity contribution in [2.75, 3.05) is 0 Å². The quantitative estimate of drug-likeness (QED) is 0.896. The van der Waals surface area contributed by atoms with Gasteiger partial charge in [-0.2, -0.15) is 0 Å². The molecule has 1 aromatic heterocycles. The molecule has 1 N–H and O–H groups in total. The summed E-state index contributed by atoms with van der Waals surface area (Å²) in [5.74, 6) is 0.361. The Hall–Kier alpha value is -2.30. The van der Waals surface area contributed by atoms with E-state index in [9.17, 15) is 4.79 Å². The van der Waals surface area contributed by atoms with Gasteiger partial charge >= 0.3 is 5.97 Å². The van der Waals surface area contributed by atoms with Gasteiger partial charge in [-0.25, -0.2) is 9.78 Å². The lowest BCUT2D eigenvalue weighted by molar-refractivity contribution is 0.0686. The van der Waals surface area contributed by atoms with Gasteiger partial charge in [0.2, 0.25) is 0 Å². The molecular weight excluding hydrogens is 232 g/mol. The van der Waals surface area contributed by atoms with Crippen LogP contribution in [-0.4, -0.2) is 20.6 Å². The second-order valence-electron chi connectivity index (χ2n) is 3.98. The normalized spacial score (nSPS) is 10.3. The van der Waals surface area contributed by atoms with E-state index in [-0.39, 0.29) is 12.3 Å². The third-order valence-electron chi connectivity index (χ3n) is 2.75. The molecule has 94 valence electrons. The maximum Gasteiger partial charge on any atom is 0.354 e. The first kappa shape index (κ1) is 12.2.